The van der Waals surface area contributed by atoms with Gasteiger partial charge in [0.15, 0.2) is 5.69 Å². The van der Waals surface area contributed by atoms with Crippen LogP contribution in [-0.2, 0) is 13.0 Å². The van der Waals surface area contributed by atoms with Gasteiger partial charge in [-0.15, -0.1) is 5.10 Å². The highest BCUT2D eigenvalue weighted by atomic mass is 15.4. The van der Waals surface area contributed by atoms with Crippen molar-refractivity contribution >= 4 is 0 Å². The van der Waals surface area contributed by atoms with E-state index in [0.717, 1.165) is 17.7 Å². The van der Waals surface area contributed by atoms with Gasteiger partial charge in [0, 0.05) is 0 Å². The van der Waals surface area contributed by atoms with Crippen molar-refractivity contribution in [3.05, 3.63) is 47.3 Å². The van der Waals surface area contributed by atoms with E-state index in [1.165, 1.54) is 0 Å². The summed E-state index contributed by atoms with van der Waals surface area (Å²) in [5.74, 6) is 0.477. The summed E-state index contributed by atoms with van der Waals surface area (Å²) in [4.78, 5) is 0. The lowest BCUT2D eigenvalue weighted by Crippen LogP contribution is -2.09. The molecular weight excluding hydrogens is 224 g/mol. The molecule has 0 aliphatic carbocycles. The number of benzene rings is 1. The average molecular weight is 240 g/mol. The van der Waals surface area contributed by atoms with Gasteiger partial charge in [-0.2, -0.15) is 5.26 Å². The molecule has 18 heavy (non-hydrogen) atoms. The molecule has 0 saturated heterocycles. The van der Waals surface area contributed by atoms with Crippen molar-refractivity contribution in [2.24, 2.45) is 5.92 Å². The van der Waals surface area contributed by atoms with E-state index >= 15 is 0 Å². The van der Waals surface area contributed by atoms with Gasteiger partial charge in [0.05, 0.1) is 12.2 Å². The number of aromatic nitrogens is 3. The van der Waals surface area contributed by atoms with E-state index in [1.807, 2.05) is 35.0 Å². The third-order valence-corrected chi connectivity index (χ3v) is 2.72. The molecule has 0 spiro atoms. The lowest BCUT2D eigenvalue weighted by molar-refractivity contribution is 0.564. The zero-order valence-corrected chi connectivity index (χ0v) is 10.7. The zero-order chi connectivity index (χ0) is 13.0. The van der Waals surface area contributed by atoms with Crippen LogP contribution in [0.1, 0.15) is 30.8 Å². The summed E-state index contributed by atoms with van der Waals surface area (Å²) in [6.45, 7) is 4.92. The Labute approximate surface area is 107 Å². The van der Waals surface area contributed by atoms with Crippen LogP contribution in [0.4, 0.5) is 0 Å². The van der Waals surface area contributed by atoms with Crippen molar-refractivity contribution in [2.45, 2.75) is 26.8 Å². The van der Waals surface area contributed by atoms with E-state index in [-0.39, 0.29) is 0 Å². The lowest BCUT2D eigenvalue weighted by atomic mass is 10.1. The monoisotopic (exact) mass is 240 g/mol. The summed E-state index contributed by atoms with van der Waals surface area (Å²) in [5.41, 5.74) is 2.54. The molecule has 0 bridgehead atoms. The van der Waals surface area contributed by atoms with E-state index < -0.39 is 0 Å². The Morgan fingerprint density at radius 2 is 2.00 bits per heavy atom. The van der Waals surface area contributed by atoms with Crippen molar-refractivity contribution in [2.75, 3.05) is 0 Å². The molecule has 4 nitrogen and oxygen atoms in total. The van der Waals surface area contributed by atoms with Gasteiger partial charge in [0.1, 0.15) is 6.07 Å². The average Bonchev–Trinajstić information content (AvgIpc) is 2.72. The van der Waals surface area contributed by atoms with Gasteiger partial charge in [-0.05, 0) is 17.9 Å². The fourth-order valence-corrected chi connectivity index (χ4v) is 1.89. The molecule has 0 unspecified atom stereocenters. The Kier molecular flexibility index (Phi) is 3.73. The molecule has 0 atom stereocenters. The maximum absolute atomic E-state index is 9.04. The second-order valence-corrected chi connectivity index (χ2v) is 4.74. The molecule has 4 heteroatoms. The SMILES string of the molecule is CC(C)Cc1c(C#N)nnn1Cc1ccccc1. The molecule has 0 N–H and O–H groups in total. The van der Waals surface area contributed by atoms with Gasteiger partial charge in [0.2, 0.25) is 0 Å². The molecule has 0 fully saturated rings. The minimum Gasteiger partial charge on any atom is -0.244 e. The van der Waals surface area contributed by atoms with Gasteiger partial charge in [-0.25, -0.2) is 4.68 Å². The van der Waals surface area contributed by atoms with Crippen LogP contribution in [0.2, 0.25) is 0 Å². The van der Waals surface area contributed by atoms with Crippen molar-refractivity contribution in [1.29, 1.82) is 5.26 Å². The fraction of sp³-hybridized carbons (Fsp3) is 0.357. The van der Waals surface area contributed by atoms with Crippen molar-refractivity contribution in [1.82, 2.24) is 15.0 Å². The first-order valence-corrected chi connectivity index (χ1v) is 6.07. The first-order valence-electron chi connectivity index (χ1n) is 6.07. The van der Waals surface area contributed by atoms with Crippen LogP contribution < -0.4 is 0 Å². The molecule has 0 saturated carbocycles. The van der Waals surface area contributed by atoms with E-state index in [9.17, 15) is 0 Å². The van der Waals surface area contributed by atoms with Crippen LogP contribution in [-0.4, -0.2) is 15.0 Å². The second kappa shape index (κ2) is 5.46. The van der Waals surface area contributed by atoms with Crippen LogP contribution >= 0.6 is 0 Å². The molecule has 92 valence electrons. The number of hydrogen-bond donors (Lipinski definition) is 0. The molecule has 0 radical (unpaired) electrons. The largest absolute Gasteiger partial charge is 0.244 e. The van der Waals surface area contributed by atoms with Crippen molar-refractivity contribution in [3.8, 4) is 6.07 Å². The number of nitriles is 1. The Morgan fingerprint density at radius 3 is 2.61 bits per heavy atom. The summed E-state index contributed by atoms with van der Waals surface area (Å²) in [6.07, 6.45) is 0.822. The van der Waals surface area contributed by atoms with E-state index in [4.69, 9.17) is 5.26 Å². The third-order valence-electron chi connectivity index (χ3n) is 2.72. The first-order chi connectivity index (χ1) is 8.70. The standard InChI is InChI=1S/C14H16N4/c1-11(2)8-14-13(9-15)16-17-18(14)10-12-6-4-3-5-7-12/h3-7,11H,8,10H2,1-2H3. The normalized spacial score (nSPS) is 10.6. The van der Waals surface area contributed by atoms with Gasteiger partial charge in [-0.1, -0.05) is 49.4 Å². The van der Waals surface area contributed by atoms with Crippen LogP contribution in [0.25, 0.3) is 0 Å². The Hall–Kier alpha value is -2.15. The minimum absolute atomic E-state index is 0.444. The number of hydrogen-bond acceptors (Lipinski definition) is 3. The van der Waals surface area contributed by atoms with Gasteiger partial charge < -0.3 is 0 Å². The predicted molar refractivity (Wildman–Crippen MR) is 68.8 cm³/mol. The van der Waals surface area contributed by atoms with Crippen molar-refractivity contribution < 1.29 is 0 Å². The Balaban J connectivity index is 2.28. The van der Waals surface area contributed by atoms with Crippen LogP contribution in [0.5, 0.6) is 0 Å². The highest BCUT2D eigenvalue weighted by Gasteiger charge is 2.13. The van der Waals surface area contributed by atoms with Gasteiger partial charge in [-0.3, -0.25) is 0 Å². The van der Waals surface area contributed by atoms with E-state index in [1.54, 1.807) is 0 Å². The quantitative estimate of drug-likeness (QED) is 0.824. The molecule has 1 aromatic carbocycles. The molecule has 1 aromatic heterocycles. The highest BCUT2D eigenvalue weighted by Crippen LogP contribution is 2.13. The summed E-state index contributed by atoms with van der Waals surface area (Å²) in [5, 5.41) is 17.1. The molecule has 0 aliphatic heterocycles. The maximum Gasteiger partial charge on any atom is 0.185 e. The van der Waals surface area contributed by atoms with Crippen LogP contribution in [0, 0.1) is 17.2 Å². The molecule has 0 amide bonds. The number of nitrogens with zero attached hydrogens (tertiary/aromatic N) is 4. The molecule has 2 aromatic rings. The van der Waals surface area contributed by atoms with Crippen LogP contribution in [0.15, 0.2) is 30.3 Å². The molecule has 1 heterocycles. The second-order valence-electron chi connectivity index (χ2n) is 4.74. The highest BCUT2D eigenvalue weighted by molar-refractivity contribution is 5.26. The third kappa shape index (κ3) is 2.75. The zero-order valence-electron chi connectivity index (χ0n) is 10.7. The molecule has 2 rings (SSSR count). The topological polar surface area (TPSA) is 54.5 Å². The number of rotatable bonds is 4. The fourth-order valence-electron chi connectivity index (χ4n) is 1.89. The summed E-state index contributed by atoms with van der Waals surface area (Å²) in [7, 11) is 0. The lowest BCUT2D eigenvalue weighted by Gasteiger charge is -2.08. The van der Waals surface area contributed by atoms with E-state index in [2.05, 4.69) is 30.2 Å². The Bertz CT molecular complexity index is 549. The summed E-state index contributed by atoms with van der Waals surface area (Å²) in [6, 6.07) is 12.2. The molecular formula is C14H16N4. The van der Waals surface area contributed by atoms with E-state index in [0.29, 0.717) is 18.2 Å². The summed E-state index contributed by atoms with van der Waals surface area (Å²) >= 11 is 0. The van der Waals surface area contributed by atoms with Gasteiger partial charge >= 0.3 is 0 Å². The Morgan fingerprint density at radius 1 is 1.28 bits per heavy atom. The molecule has 0 aliphatic rings. The van der Waals surface area contributed by atoms with Crippen molar-refractivity contribution in [3.63, 3.8) is 0 Å². The predicted octanol–water partition coefficient (Wildman–Crippen LogP) is 2.40. The summed E-state index contributed by atoms with van der Waals surface area (Å²) < 4.78 is 1.83. The van der Waals surface area contributed by atoms with Crippen LogP contribution in [0.3, 0.4) is 0 Å². The van der Waals surface area contributed by atoms with Gasteiger partial charge in [0.25, 0.3) is 0 Å². The maximum atomic E-state index is 9.04. The first kappa shape index (κ1) is 12.3. The smallest absolute Gasteiger partial charge is 0.185 e. The minimum atomic E-state index is 0.444.